The summed E-state index contributed by atoms with van der Waals surface area (Å²) >= 11 is 1.78. The molecule has 0 aromatic carbocycles. The fourth-order valence-electron chi connectivity index (χ4n) is 3.31. The number of nitrogens with one attached hydrogen (secondary N) is 1. The van der Waals surface area contributed by atoms with Crippen molar-refractivity contribution in [2.24, 2.45) is 0 Å². The molecule has 0 spiro atoms. The van der Waals surface area contributed by atoms with Crippen molar-refractivity contribution in [3.8, 4) is 0 Å². The van der Waals surface area contributed by atoms with Crippen LogP contribution in [0.1, 0.15) is 43.7 Å². The van der Waals surface area contributed by atoms with Crippen molar-refractivity contribution in [3.05, 3.63) is 16.6 Å². The average Bonchev–Trinajstić information content (AvgIpc) is 3.04. The van der Waals surface area contributed by atoms with Gasteiger partial charge in [-0.05, 0) is 32.2 Å². The molecule has 3 nitrogen and oxygen atoms in total. The second-order valence-corrected chi connectivity index (χ2v) is 6.06. The van der Waals surface area contributed by atoms with Crippen LogP contribution in [0.2, 0.25) is 0 Å². The van der Waals surface area contributed by atoms with Gasteiger partial charge in [-0.25, -0.2) is 4.98 Å². The minimum atomic E-state index is 0.459. The van der Waals surface area contributed by atoms with Crippen LogP contribution in [0.25, 0.3) is 0 Å². The van der Waals surface area contributed by atoms with Crippen LogP contribution in [0.3, 0.4) is 0 Å². The number of fused-ring (bicyclic) bond motifs is 1. The van der Waals surface area contributed by atoms with Crippen molar-refractivity contribution in [1.29, 1.82) is 0 Å². The van der Waals surface area contributed by atoms with Gasteiger partial charge < -0.3 is 5.32 Å². The lowest BCUT2D eigenvalue weighted by atomic mass is 10.0. The Bertz CT molecular complexity index is 352. The molecule has 2 aliphatic rings. The Morgan fingerprint density at radius 3 is 3.24 bits per heavy atom. The Morgan fingerprint density at radius 2 is 2.47 bits per heavy atom. The third-order valence-corrected chi connectivity index (χ3v) is 5.07. The minimum Gasteiger partial charge on any atom is -0.304 e. The van der Waals surface area contributed by atoms with Crippen molar-refractivity contribution in [2.75, 3.05) is 13.1 Å². The first-order chi connectivity index (χ1) is 8.38. The lowest BCUT2D eigenvalue weighted by Crippen LogP contribution is -2.40. The smallest absolute Gasteiger partial charge is 0.109 e. The average molecular weight is 251 g/mol. The van der Waals surface area contributed by atoms with Gasteiger partial charge in [-0.1, -0.05) is 6.92 Å². The second kappa shape index (κ2) is 5.04. The molecule has 3 unspecified atom stereocenters. The largest absolute Gasteiger partial charge is 0.304 e. The topological polar surface area (TPSA) is 28.2 Å². The Morgan fingerprint density at radius 1 is 1.53 bits per heavy atom. The Kier molecular flexibility index (Phi) is 3.45. The van der Waals surface area contributed by atoms with E-state index in [2.05, 4.69) is 27.5 Å². The minimum absolute atomic E-state index is 0.459. The molecule has 0 amide bonds. The molecule has 17 heavy (non-hydrogen) atoms. The van der Waals surface area contributed by atoms with Gasteiger partial charge in [-0.3, -0.25) is 4.90 Å². The highest BCUT2D eigenvalue weighted by molar-refractivity contribution is 7.09. The van der Waals surface area contributed by atoms with Gasteiger partial charge in [0.2, 0.25) is 0 Å². The first-order valence-corrected chi connectivity index (χ1v) is 7.66. The summed E-state index contributed by atoms with van der Waals surface area (Å²) in [7, 11) is 0. The van der Waals surface area contributed by atoms with Crippen LogP contribution in [0.15, 0.2) is 11.6 Å². The van der Waals surface area contributed by atoms with E-state index in [9.17, 15) is 0 Å². The predicted molar refractivity (Wildman–Crippen MR) is 71.3 cm³/mol. The van der Waals surface area contributed by atoms with E-state index in [0.717, 1.165) is 12.5 Å². The maximum atomic E-state index is 4.46. The van der Waals surface area contributed by atoms with Crippen LogP contribution in [0, 0.1) is 0 Å². The van der Waals surface area contributed by atoms with Crippen LogP contribution >= 0.6 is 11.3 Å². The fourth-order valence-corrected chi connectivity index (χ4v) is 4.09. The Hall–Kier alpha value is -0.450. The van der Waals surface area contributed by atoms with E-state index >= 15 is 0 Å². The zero-order valence-electron chi connectivity index (χ0n) is 10.4. The van der Waals surface area contributed by atoms with E-state index in [-0.39, 0.29) is 0 Å². The fraction of sp³-hybridized carbons (Fsp3) is 0.769. The molecular weight excluding hydrogens is 230 g/mol. The third-order valence-electron chi connectivity index (χ3n) is 4.18. The second-order valence-electron chi connectivity index (χ2n) is 5.14. The molecule has 4 heteroatoms. The highest BCUT2D eigenvalue weighted by Crippen LogP contribution is 2.30. The number of thiazole rings is 1. The summed E-state index contributed by atoms with van der Waals surface area (Å²) in [6.07, 6.45) is 7.13. The molecule has 3 atom stereocenters. The molecule has 2 fully saturated rings. The Balaban J connectivity index is 1.65. The van der Waals surface area contributed by atoms with Crippen LogP contribution in [0.5, 0.6) is 0 Å². The highest BCUT2D eigenvalue weighted by atomic mass is 32.1. The lowest BCUT2D eigenvalue weighted by molar-refractivity contribution is 0.287. The predicted octanol–water partition coefficient (Wildman–Crippen LogP) is 2.42. The number of hydrogen-bond donors (Lipinski definition) is 1. The zero-order chi connectivity index (χ0) is 11.7. The van der Waals surface area contributed by atoms with Crippen molar-refractivity contribution in [3.63, 3.8) is 0 Å². The molecule has 0 aliphatic carbocycles. The molecule has 1 aromatic rings. The number of hydrogen-bond acceptors (Lipinski definition) is 4. The summed E-state index contributed by atoms with van der Waals surface area (Å²) in [6, 6.07) is 1.94. The standard InChI is InChI=1S/C13H21N3S/c1-2-10(13-14-6-9-17-13)15-11-5-8-16-7-3-4-12(11)16/h6,9-12,15H,2-5,7-8H2,1H3. The number of aromatic nitrogens is 1. The molecule has 1 aromatic heterocycles. The summed E-state index contributed by atoms with van der Waals surface area (Å²) in [5.74, 6) is 0. The maximum Gasteiger partial charge on any atom is 0.109 e. The molecular formula is C13H21N3S. The van der Waals surface area contributed by atoms with Crippen molar-refractivity contribution < 1.29 is 0 Å². The lowest BCUT2D eigenvalue weighted by Gasteiger charge is -2.25. The van der Waals surface area contributed by atoms with Crippen LogP contribution < -0.4 is 5.32 Å². The summed E-state index contributed by atoms with van der Waals surface area (Å²) in [6.45, 7) is 4.86. The molecule has 3 heterocycles. The molecule has 94 valence electrons. The van der Waals surface area contributed by atoms with Crippen molar-refractivity contribution in [1.82, 2.24) is 15.2 Å². The van der Waals surface area contributed by atoms with Gasteiger partial charge in [-0.2, -0.15) is 0 Å². The molecule has 3 rings (SSSR count). The van der Waals surface area contributed by atoms with Gasteiger partial charge in [0.25, 0.3) is 0 Å². The summed E-state index contributed by atoms with van der Waals surface area (Å²) < 4.78 is 0. The molecule has 0 saturated carbocycles. The quantitative estimate of drug-likeness (QED) is 0.891. The van der Waals surface area contributed by atoms with Crippen LogP contribution in [-0.4, -0.2) is 35.1 Å². The Labute approximate surface area is 107 Å². The van der Waals surface area contributed by atoms with E-state index in [1.54, 1.807) is 11.3 Å². The van der Waals surface area contributed by atoms with E-state index in [4.69, 9.17) is 0 Å². The first-order valence-electron chi connectivity index (χ1n) is 6.78. The first kappa shape index (κ1) is 11.6. The van der Waals surface area contributed by atoms with Gasteiger partial charge in [0.05, 0.1) is 6.04 Å². The normalized spacial score (nSPS) is 30.6. The summed E-state index contributed by atoms with van der Waals surface area (Å²) in [5, 5.41) is 7.18. The van der Waals surface area contributed by atoms with Gasteiger partial charge in [0.15, 0.2) is 0 Å². The SMILES string of the molecule is CCC(NC1CCN2CCCC12)c1nccs1. The van der Waals surface area contributed by atoms with E-state index in [1.165, 1.54) is 37.4 Å². The van der Waals surface area contributed by atoms with Gasteiger partial charge in [0.1, 0.15) is 5.01 Å². The van der Waals surface area contributed by atoms with Crippen molar-refractivity contribution >= 4 is 11.3 Å². The van der Waals surface area contributed by atoms with Crippen molar-refractivity contribution in [2.45, 2.75) is 50.7 Å². The molecule has 0 radical (unpaired) electrons. The van der Waals surface area contributed by atoms with E-state index < -0.39 is 0 Å². The maximum absolute atomic E-state index is 4.46. The van der Waals surface area contributed by atoms with Gasteiger partial charge in [0, 0.05) is 30.2 Å². The van der Waals surface area contributed by atoms with Gasteiger partial charge >= 0.3 is 0 Å². The molecule has 2 aliphatic heterocycles. The highest BCUT2D eigenvalue weighted by Gasteiger charge is 2.37. The van der Waals surface area contributed by atoms with Crippen LogP contribution in [0.4, 0.5) is 0 Å². The monoisotopic (exact) mass is 251 g/mol. The van der Waals surface area contributed by atoms with E-state index in [0.29, 0.717) is 12.1 Å². The zero-order valence-corrected chi connectivity index (χ0v) is 11.2. The number of rotatable bonds is 4. The third kappa shape index (κ3) is 2.26. The number of nitrogens with zero attached hydrogens (tertiary/aromatic N) is 2. The molecule has 2 saturated heterocycles. The van der Waals surface area contributed by atoms with Crippen LogP contribution in [-0.2, 0) is 0 Å². The van der Waals surface area contributed by atoms with Gasteiger partial charge in [-0.15, -0.1) is 11.3 Å². The summed E-state index contributed by atoms with van der Waals surface area (Å²) in [5.41, 5.74) is 0. The molecule has 0 bridgehead atoms. The molecule has 1 N–H and O–H groups in total. The van der Waals surface area contributed by atoms with E-state index in [1.807, 2.05) is 6.20 Å². The summed E-state index contributed by atoms with van der Waals surface area (Å²) in [4.78, 5) is 7.12.